The maximum atomic E-state index is 3.20. The van der Waals surface area contributed by atoms with Gasteiger partial charge in [-0.05, 0) is 7.05 Å². The fourth-order valence-corrected chi connectivity index (χ4v) is 0.619. The molecule has 44 valence electrons. The van der Waals surface area contributed by atoms with Crippen LogP contribution in [0.5, 0.6) is 0 Å². The van der Waals surface area contributed by atoms with E-state index in [2.05, 4.69) is 17.3 Å². The van der Waals surface area contributed by atoms with Gasteiger partial charge in [0, 0.05) is 19.8 Å². The van der Waals surface area contributed by atoms with E-state index < -0.39 is 0 Å². The van der Waals surface area contributed by atoms with Gasteiger partial charge in [0.05, 0.1) is 0 Å². The van der Waals surface area contributed by atoms with Crippen LogP contribution in [0.15, 0.2) is 0 Å². The van der Waals surface area contributed by atoms with E-state index in [-0.39, 0.29) is 5.48 Å². The second-order valence-electron chi connectivity index (χ2n) is 1.74. The molecule has 1 fully saturated rings. The van der Waals surface area contributed by atoms with Crippen molar-refractivity contribution in [2.75, 3.05) is 26.8 Å². The van der Waals surface area contributed by atoms with Crippen LogP contribution < -0.4 is 5.32 Å². The summed E-state index contributed by atoms with van der Waals surface area (Å²) in [4.78, 5) is 2.25. The van der Waals surface area contributed by atoms with Crippen LogP contribution in [0, 0.1) is 0 Å². The fraction of sp³-hybridized carbons (Fsp3) is 1.00. The molecule has 0 aromatic rings. The van der Waals surface area contributed by atoms with Gasteiger partial charge < -0.3 is 10.8 Å². The Hall–Kier alpha value is -0.120. The lowest BCUT2D eigenvalue weighted by molar-refractivity contribution is 0.412. The molecule has 0 unspecified atom stereocenters. The fourth-order valence-electron chi connectivity index (χ4n) is 0.619. The number of hydrogen-bond donors (Lipinski definition) is 1. The summed E-state index contributed by atoms with van der Waals surface area (Å²) in [6.45, 7) is 3.44. The second kappa shape index (κ2) is 2.96. The summed E-state index contributed by atoms with van der Waals surface area (Å²) >= 11 is 0. The van der Waals surface area contributed by atoms with Crippen LogP contribution in [0.1, 0.15) is 0 Å². The molecule has 1 saturated heterocycles. The molecule has 3 N–H and O–H groups in total. The van der Waals surface area contributed by atoms with E-state index in [0.29, 0.717) is 0 Å². The molecule has 0 saturated carbocycles. The number of nitrogens with zero attached hydrogens (tertiary/aromatic N) is 1. The Bertz CT molecular complexity index is 43.0. The zero-order valence-corrected chi connectivity index (χ0v) is 4.57. The third kappa shape index (κ3) is 1.87. The minimum absolute atomic E-state index is 0. The Kier molecular flexibility index (Phi) is 2.91. The summed E-state index contributed by atoms with van der Waals surface area (Å²) in [5.41, 5.74) is 0. The Balaban J connectivity index is 0.000000360. The highest BCUT2D eigenvalue weighted by Gasteiger charge is 2.01. The first-order valence-electron chi connectivity index (χ1n) is 2.29. The van der Waals surface area contributed by atoms with Gasteiger partial charge in [0.2, 0.25) is 0 Å². The molecule has 1 aliphatic rings. The van der Waals surface area contributed by atoms with E-state index in [0.717, 1.165) is 13.2 Å². The molecule has 7 heavy (non-hydrogen) atoms. The number of hydrogen-bond acceptors (Lipinski definition) is 2. The molecule has 0 atom stereocenters. The topological polar surface area (TPSA) is 46.8 Å². The van der Waals surface area contributed by atoms with Gasteiger partial charge in [-0.15, -0.1) is 0 Å². The summed E-state index contributed by atoms with van der Waals surface area (Å²) in [5, 5.41) is 3.20. The van der Waals surface area contributed by atoms with Crippen molar-refractivity contribution < 1.29 is 5.48 Å². The molecule has 1 rings (SSSR count). The summed E-state index contributed by atoms with van der Waals surface area (Å²) in [7, 11) is 2.11. The average molecular weight is 104 g/mol. The highest BCUT2D eigenvalue weighted by molar-refractivity contribution is 4.59. The highest BCUT2D eigenvalue weighted by atomic mass is 16.0. The van der Waals surface area contributed by atoms with Crippen molar-refractivity contribution in [2.24, 2.45) is 0 Å². The van der Waals surface area contributed by atoms with E-state index in [4.69, 9.17) is 0 Å². The third-order valence-corrected chi connectivity index (χ3v) is 1.05. The summed E-state index contributed by atoms with van der Waals surface area (Å²) in [5.74, 6) is 0. The van der Waals surface area contributed by atoms with Gasteiger partial charge in [-0.3, -0.25) is 4.90 Å². The molecular formula is C4H12N2O. The first kappa shape index (κ1) is 6.88. The lowest BCUT2D eigenvalue weighted by Crippen LogP contribution is -2.15. The number of likely N-dealkylation sites (N-methyl/N-ethyl adjacent to an activating group) is 1. The molecule has 3 heteroatoms. The molecule has 3 nitrogen and oxygen atoms in total. The first-order valence-corrected chi connectivity index (χ1v) is 2.29. The zero-order valence-electron chi connectivity index (χ0n) is 4.57. The van der Waals surface area contributed by atoms with Crippen LogP contribution in [-0.4, -0.2) is 37.2 Å². The maximum absolute atomic E-state index is 3.20. The van der Waals surface area contributed by atoms with Gasteiger partial charge >= 0.3 is 0 Å². The first-order chi connectivity index (χ1) is 2.89. The van der Waals surface area contributed by atoms with E-state index in [1.165, 1.54) is 6.54 Å². The molecule has 0 spiro atoms. The molecule has 0 aromatic carbocycles. The number of rotatable bonds is 0. The lowest BCUT2D eigenvalue weighted by Gasteiger charge is -1.99. The van der Waals surface area contributed by atoms with E-state index in [1.807, 2.05) is 0 Å². The summed E-state index contributed by atoms with van der Waals surface area (Å²) in [6.07, 6.45) is 0. The van der Waals surface area contributed by atoms with E-state index in [9.17, 15) is 0 Å². The van der Waals surface area contributed by atoms with Crippen LogP contribution >= 0.6 is 0 Å². The SMILES string of the molecule is CN1CCNC1.O. The lowest BCUT2D eigenvalue weighted by atomic mass is 10.7. The van der Waals surface area contributed by atoms with Crippen molar-refractivity contribution >= 4 is 0 Å². The van der Waals surface area contributed by atoms with Gasteiger partial charge in [-0.2, -0.15) is 0 Å². The van der Waals surface area contributed by atoms with Crippen molar-refractivity contribution in [3.05, 3.63) is 0 Å². The molecular weight excluding hydrogens is 92.1 g/mol. The average Bonchev–Trinajstić information content (AvgIpc) is 1.86. The zero-order chi connectivity index (χ0) is 4.41. The van der Waals surface area contributed by atoms with Gasteiger partial charge in [-0.25, -0.2) is 0 Å². The van der Waals surface area contributed by atoms with Crippen molar-refractivity contribution in [3.8, 4) is 0 Å². The normalized spacial score (nSPS) is 21.9. The molecule has 1 heterocycles. The van der Waals surface area contributed by atoms with Crippen LogP contribution in [0.4, 0.5) is 0 Å². The Morgan fingerprint density at radius 1 is 1.57 bits per heavy atom. The standard InChI is InChI=1S/C4H10N2.H2O/c1-6-3-2-5-4-6;/h5H,2-4H2,1H3;1H2. The van der Waals surface area contributed by atoms with Gasteiger partial charge in [0.1, 0.15) is 0 Å². The highest BCUT2D eigenvalue weighted by Crippen LogP contribution is 1.82. The second-order valence-corrected chi connectivity index (χ2v) is 1.74. The quantitative estimate of drug-likeness (QED) is 0.413. The maximum Gasteiger partial charge on any atom is 0.0478 e. The van der Waals surface area contributed by atoms with Crippen molar-refractivity contribution in [2.45, 2.75) is 0 Å². The number of nitrogens with one attached hydrogen (secondary N) is 1. The Labute approximate surface area is 43.6 Å². The molecule has 0 radical (unpaired) electrons. The summed E-state index contributed by atoms with van der Waals surface area (Å²) in [6, 6.07) is 0. The minimum Gasteiger partial charge on any atom is -0.412 e. The summed E-state index contributed by atoms with van der Waals surface area (Å²) < 4.78 is 0. The largest absolute Gasteiger partial charge is 0.412 e. The van der Waals surface area contributed by atoms with Crippen LogP contribution in [0.25, 0.3) is 0 Å². The predicted octanol–water partition coefficient (Wildman–Crippen LogP) is -1.35. The Morgan fingerprint density at radius 2 is 2.29 bits per heavy atom. The molecule has 0 amide bonds. The van der Waals surface area contributed by atoms with Crippen molar-refractivity contribution in [3.63, 3.8) is 0 Å². The van der Waals surface area contributed by atoms with Crippen LogP contribution in [-0.2, 0) is 0 Å². The van der Waals surface area contributed by atoms with Crippen LogP contribution in [0.3, 0.4) is 0 Å². The Morgan fingerprint density at radius 3 is 2.43 bits per heavy atom. The third-order valence-electron chi connectivity index (χ3n) is 1.05. The molecule has 0 bridgehead atoms. The minimum atomic E-state index is 0. The van der Waals surface area contributed by atoms with E-state index in [1.54, 1.807) is 0 Å². The van der Waals surface area contributed by atoms with Crippen LogP contribution in [0.2, 0.25) is 0 Å². The van der Waals surface area contributed by atoms with Gasteiger partial charge in [-0.1, -0.05) is 0 Å². The van der Waals surface area contributed by atoms with Gasteiger partial charge in [0.15, 0.2) is 0 Å². The van der Waals surface area contributed by atoms with Crippen molar-refractivity contribution in [1.29, 1.82) is 0 Å². The molecule has 0 aromatic heterocycles. The van der Waals surface area contributed by atoms with Gasteiger partial charge in [0.25, 0.3) is 0 Å². The molecule has 1 aliphatic heterocycles. The van der Waals surface area contributed by atoms with Crippen molar-refractivity contribution in [1.82, 2.24) is 10.2 Å². The monoisotopic (exact) mass is 104 g/mol. The smallest absolute Gasteiger partial charge is 0.0478 e. The predicted molar refractivity (Wildman–Crippen MR) is 29.1 cm³/mol. The molecule has 0 aliphatic carbocycles. The van der Waals surface area contributed by atoms with E-state index >= 15 is 0 Å².